The van der Waals surface area contributed by atoms with Crippen LogP contribution in [-0.2, 0) is 4.74 Å². The Balaban J connectivity index is 1.59. The third-order valence-corrected chi connectivity index (χ3v) is 9.35. The first-order valence-corrected chi connectivity index (χ1v) is 15.0. The minimum absolute atomic E-state index is 0.00276. The van der Waals surface area contributed by atoms with Crippen LogP contribution in [0.25, 0.3) is 32.1 Å². The number of hydrogen-bond acceptors (Lipinski definition) is 12. The zero-order valence-electron chi connectivity index (χ0n) is 24.7. The molecular weight excluding hydrogens is 624 g/mol. The number of nitrogens with zero attached hydrogens (tertiary/aromatic N) is 7. The highest BCUT2D eigenvalue weighted by atomic mass is 35.5. The molecule has 45 heavy (non-hydrogen) atoms. The normalized spacial score (nSPS) is 17.2. The zero-order chi connectivity index (χ0) is 32.2. The average molecular weight is 652 g/mol. The van der Waals surface area contributed by atoms with Crippen molar-refractivity contribution >= 4 is 60.6 Å². The number of aromatic nitrogens is 4. The minimum Gasteiger partial charge on any atom is -0.456 e. The average Bonchev–Trinajstić information content (AvgIpc) is 3.62. The number of ether oxygens (including phenoxy) is 2. The Kier molecular flexibility index (Phi) is 8.04. The van der Waals surface area contributed by atoms with E-state index in [2.05, 4.69) is 15.0 Å². The maximum absolute atomic E-state index is 16.9. The summed E-state index contributed by atoms with van der Waals surface area (Å²) >= 11 is 7.71. The fraction of sp³-hybridized carbons (Fsp3) is 0.300. The van der Waals surface area contributed by atoms with E-state index >= 15 is 4.39 Å². The van der Waals surface area contributed by atoms with Crippen molar-refractivity contribution in [1.82, 2.24) is 24.8 Å². The van der Waals surface area contributed by atoms with Crippen LogP contribution in [0.5, 0.6) is 6.01 Å². The molecular formula is C30H28ClF2N9O2S. The fourth-order valence-corrected chi connectivity index (χ4v) is 6.78. The summed E-state index contributed by atoms with van der Waals surface area (Å²) in [5.41, 5.74) is 12.7. The molecule has 1 saturated heterocycles. The van der Waals surface area contributed by atoms with E-state index in [1.807, 2.05) is 32.0 Å². The second kappa shape index (κ2) is 11.8. The van der Waals surface area contributed by atoms with E-state index in [4.69, 9.17) is 37.5 Å². The van der Waals surface area contributed by atoms with Crippen LogP contribution < -0.4 is 21.1 Å². The smallest absolute Gasteiger partial charge is 0.319 e. The molecule has 15 heteroatoms. The molecule has 2 aromatic carbocycles. The molecule has 4 N–H and O–H groups in total. The first kappa shape index (κ1) is 30.6. The van der Waals surface area contributed by atoms with Gasteiger partial charge in [0, 0.05) is 35.8 Å². The van der Waals surface area contributed by atoms with Crippen LogP contribution in [-0.4, -0.2) is 71.3 Å². The van der Waals surface area contributed by atoms with E-state index in [9.17, 15) is 9.65 Å². The van der Waals surface area contributed by atoms with Crippen molar-refractivity contribution < 1.29 is 18.3 Å². The quantitative estimate of drug-likeness (QED) is 0.240. The van der Waals surface area contributed by atoms with Crippen LogP contribution in [0.2, 0.25) is 5.02 Å². The number of nitriles is 1. The number of nitrogen functional groups attached to an aromatic ring is 2. The number of thiophene rings is 1. The number of hydrogen-bond donors (Lipinski definition) is 2. The van der Waals surface area contributed by atoms with Crippen LogP contribution in [0, 0.1) is 23.0 Å². The van der Waals surface area contributed by atoms with Crippen LogP contribution >= 0.6 is 22.9 Å². The van der Waals surface area contributed by atoms with Gasteiger partial charge in [-0.05, 0) is 38.7 Å². The molecule has 0 radical (unpaired) electrons. The van der Waals surface area contributed by atoms with Gasteiger partial charge in [0.05, 0.1) is 40.6 Å². The number of likely N-dealkylation sites (N-methyl/N-ethyl adjacent to an activating group) is 1. The van der Waals surface area contributed by atoms with Crippen LogP contribution in [0.15, 0.2) is 30.6 Å². The van der Waals surface area contributed by atoms with Gasteiger partial charge in [-0.15, -0.1) is 11.3 Å². The van der Waals surface area contributed by atoms with Gasteiger partial charge in [0.1, 0.15) is 45.8 Å². The molecule has 1 fully saturated rings. The molecule has 1 aliphatic heterocycles. The molecule has 232 valence electrons. The summed E-state index contributed by atoms with van der Waals surface area (Å²) in [7, 11) is 5.57. The summed E-state index contributed by atoms with van der Waals surface area (Å²) in [5, 5.41) is 10.4. The number of nitrogens with two attached hydrogens (primary N) is 2. The second-order valence-corrected chi connectivity index (χ2v) is 12.3. The Bertz CT molecular complexity index is 2000. The Morgan fingerprint density at radius 2 is 1.91 bits per heavy atom. The van der Waals surface area contributed by atoms with Gasteiger partial charge >= 0.3 is 6.01 Å². The summed E-state index contributed by atoms with van der Waals surface area (Å²) in [6.07, 6.45) is 2.59. The summed E-state index contributed by atoms with van der Waals surface area (Å²) in [6.45, 7) is 2.59. The highest BCUT2D eigenvalue weighted by Gasteiger charge is 2.34. The number of benzene rings is 2. The molecule has 0 amide bonds. The maximum atomic E-state index is 16.9. The number of halogens is 3. The molecule has 3 atom stereocenters. The molecule has 11 nitrogen and oxygen atoms in total. The van der Waals surface area contributed by atoms with E-state index in [1.165, 1.54) is 30.6 Å². The lowest BCUT2D eigenvalue weighted by Crippen LogP contribution is -2.41. The lowest BCUT2D eigenvalue weighted by molar-refractivity contribution is 0.117. The van der Waals surface area contributed by atoms with Gasteiger partial charge in [-0.1, -0.05) is 17.7 Å². The predicted molar refractivity (Wildman–Crippen MR) is 170 cm³/mol. The van der Waals surface area contributed by atoms with Gasteiger partial charge in [0.15, 0.2) is 5.82 Å². The van der Waals surface area contributed by atoms with Crippen molar-refractivity contribution in [1.29, 1.82) is 5.26 Å². The monoisotopic (exact) mass is 651 g/mol. The van der Waals surface area contributed by atoms with Crippen LogP contribution in [0.3, 0.4) is 0 Å². The SMILES string of the molecule is C[C@H](c1nccnc1N)N(C)c1nc(O[C@H]2COC[C@@H]2N(C)C)nc2c(F)c(-c3ccc(F)c4sc(N)c(C#N)c34)c(Cl)cc12. The first-order valence-electron chi connectivity index (χ1n) is 13.8. The number of rotatable bonds is 7. The summed E-state index contributed by atoms with van der Waals surface area (Å²) in [5.74, 6) is -0.863. The number of anilines is 3. The van der Waals surface area contributed by atoms with E-state index in [-0.39, 0.29) is 65.6 Å². The molecule has 0 aliphatic carbocycles. The van der Waals surface area contributed by atoms with Crippen molar-refractivity contribution in [2.45, 2.75) is 25.1 Å². The third-order valence-electron chi connectivity index (χ3n) is 8.03. The van der Waals surface area contributed by atoms with Crippen LogP contribution in [0.1, 0.15) is 24.2 Å². The molecule has 4 heterocycles. The topological polar surface area (TPSA) is 152 Å². The second-order valence-electron chi connectivity index (χ2n) is 10.9. The molecule has 0 saturated carbocycles. The molecule has 3 aromatic heterocycles. The van der Waals surface area contributed by atoms with Crippen molar-refractivity contribution in [3.63, 3.8) is 0 Å². The van der Waals surface area contributed by atoms with Gasteiger partial charge in [-0.2, -0.15) is 15.2 Å². The Labute approximate surface area is 266 Å². The zero-order valence-corrected chi connectivity index (χ0v) is 26.2. The minimum atomic E-state index is -0.806. The van der Waals surface area contributed by atoms with Crippen LogP contribution in [0.4, 0.5) is 25.4 Å². The van der Waals surface area contributed by atoms with E-state index in [0.29, 0.717) is 24.7 Å². The summed E-state index contributed by atoms with van der Waals surface area (Å²) in [6, 6.07) is 5.49. The van der Waals surface area contributed by atoms with E-state index in [1.54, 1.807) is 11.9 Å². The van der Waals surface area contributed by atoms with Gasteiger partial charge < -0.3 is 30.7 Å². The van der Waals surface area contributed by atoms with Crippen molar-refractivity contribution in [2.24, 2.45) is 0 Å². The highest BCUT2D eigenvalue weighted by molar-refractivity contribution is 7.23. The molecule has 0 bridgehead atoms. The Morgan fingerprint density at radius 3 is 2.62 bits per heavy atom. The Morgan fingerprint density at radius 1 is 1.16 bits per heavy atom. The molecule has 5 aromatic rings. The van der Waals surface area contributed by atoms with Crippen molar-refractivity contribution in [3.8, 4) is 23.2 Å². The molecule has 0 unspecified atom stereocenters. The third kappa shape index (κ3) is 5.21. The maximum Gasteiger partial charge on any atom is 0.319 e. The number of fused-ring (bicyclic) bond motifs is 2. The molecule has 1 aliphatic rings. The van der Waals surface area contributed by atoms with Crippen molar-refractivity contribution in [2.75, 3.05) is 50.7 Å². The highest BCUT2D eigenvalue weighted by Crippen LogP contribution is 2.46. The lowest BCUT2D eigenvalue weighted by atomic mass is 9.97. The Hall–Kier alpha value is -4.42. The van der Waals surface area contributed by atoms with Gasteiger partial charge in [-0.3, -0.25) is 4.98 Å². The summed E-state index contributed by atoms with van der Waals surface area (Å²) < 4.78 is 43.7. The van der Waals surface area contributed by atoms with E-state index < -0.39 is 23.8 Å². The largest absolute Gasteiger partial charge is 0.456 e. The first-order chi connectivity index (χ1) is 21.5. The molecule has 0 spiro atoms. The van der Waals surface area contributed by atoms with E-state index in [0.717, 1.165) is 11.3 Å². The predicted octanol–water partition coefficient (Wildman–Crippen LogP) is 5.17. The van der Waals surface area contributed by atoms with Gasteiger partial charge in [0.2, 0.25) is 0 Å². The van der Waals surface area contributed by atoms with Gasteiger partial charge in [-0.25, -0.2) is 13.8 Å². The lowest BCUT2D eigenvalue weighted by Gasteiger charge is -2.28. The summed E-state index contributed by atoms with van der Waals surface area (Å²) in [4.78, 5) is 21.5. The van der Waals surface area contributed by atoms with Gasteiger partial charge in [0.25, 0.3) is 0 Å². The standard InChI is InChI=1S/C30H28ClF2N9O2S/c1-13(24-27(35)38-8-7-37-24)42(4)29-15-9-17(31)22(14-5-6-18(32)26-21(14)16(10-34)28(36)45-26)23(33)25(15)39-30(40-29)44-20-12-43-11-19(20)41(2)3/h5-9,13,19-20H,11-12,36H2,1-4H3,(H2,35,38)/t13-,19+,20+/m1/s1. The van der Waals surface area contributed by atoms with Crippen molar-refractivity contribution in [3.05, 3.63) is 58.5 Å². The molecule has 6 rings (SSSR count). The fourth-order valence-electron chi connectivity index (χ4n) is 5.54.